The highest BCUT2D eigenvalue weighted by Gasteiger charge is 2.17. The highest BCUT2D eigenvalue weighted by Crippen LogP contribution is 2.33. The van der Waals surface area contributed by atoms with E-state index in [2.05, 4.69) is 14.7 Å². The second-order valence-corrected chi connectivity index (χ2v) is 4.17. The lowest BCUT2D eigenvalue weighted by molar-refractivity contribution is 0.506. The zero-order valence-corrected chi connectivity index (χ0v) is 9.21. The van der Waals surface area contributed by atoms with Crippen LogP contribution in [0.2, 0.25) is 0 Å². The molecule has 4 nitrogen and oxygen atoms in total. The lowest BCUT2D eigenvalue weighted by Crippen LogP contribution is -2.22. The molecule has 1 aliphatic rings. The standard InChI is InChI=1S/C10H6F2N4S/c11-6-3-8-9(4-7(6)12)17-15-10(14-8)16-2-1-13-5-16/h1-5H,(H,14,15). The second-order valence-electron chi connectivity index (χ2n) is 3.36. The molecule has 0 saturated heterocycles. The summed E-state index contributed by atoms with van der Waals surface area (Å²) in [6, 6.07) is 2.24. The van der Waals surface area contributed by atoms with Crippen molar-refractivity contribution in [3.63, 3.8) is 0 Å². The van der Waals surface area contributed by atoms with Crippen LogP contribution in [-0.2, 0) is 0 Å². The molecule has 2 heterocycles. The molecule has 1 N–H and O–H groups in total. The number of hydrogen-bond acceptors (Lipinski definition) is 4. The van der Waals surface area contributed by atoms with Gasteiger partial charge in [-0.3, -0.25) is 4.57 Å². The first-order chi connectivity index (χ1) is 8.24. The van der Waals surface area contributed by atoms with Crippen molar-refractivity contribution in [2.75, 3.05) is 5.32 Å². The average Bonchev–Trinajstić information content (AvgIpc) is 2.83. The Morgan fingerprint density at radius 3 is 2.82 bits per heavy atom. The summed E-state index contributed by atoms with van der Waals surface area (Å²) in [5.74, 6) is -1.26. The maximum atomic E-state index is 13.1. The molecule has 7 heteroatoms. The Balaban J connectivity index is 1.98. The van der Waals surface area contributed by atoms with Crippen molar-refractivity contribution >= 4 is 23.6 Å². The molecule has 0 amide bonds. The van der Waals surface area contributed by atoms with Gasteiger partial charge in [0, 0.05) is 30.4 Å². The first-order valence-electron chi connectivity index (χ1n) is 4.73. The molecule has 3 rings (SSSR count). The van der Waals surface area contributed by atoms with Crippen LogP contribution in [0.15, 0.2) is 40.1 Å². The summed E-state index contributed by atoms with van der Waals surface area (Å²) in [6.07, 6.45) is 4.88. The van der Waals surface area contributed by atoms with E-state index in [-0.39, 0.29) is 0 Å². The van der Waals surface area contributed by atoms with Gasteiger partial charge >= 0.3 is 0 Å². The molecule has 2 aromatic rings. The number of aromatic nitrogens is 2. The van der Waals surface area contributed by atoms with E-state index < -0.39 is 11.6 Å². The van der Waals surface area contributed by atoms with Gasteiger partial charge in [-0.05, 0) is 6.07 Å². The van der Waals surface area contributed by atoms with E-state index >= 15 is 0 Å². The molecule has 0 atom stereocenters. The number of halogens is 2. The molecule has 0 unspecified atom stereocenters. The van der Waals surface area contributed by atoms with Crippen LogP contribution in [0.3, 0.4) is 0 Å². The Morgan fingerprint density at radius 1 is 1.24 bits per heavy atom. The van der Waals surface area contributed by atoms with E-state index in [1.54, 1.807) is 23.3 Å². The van der Waals surface area contributed by atoms with Crippen molar-refractivity contribution in [1.82, 2.24) is 9.55 Å². The van der Waals surface area contributed by atoms with Gasteiger partial charge in [0.2, 0.25) is 5.96 Å². The first kappa shape index (κ1) is 10.3. The molecule has 0 bridgehead atoms. The number of hydrogen-bond donors (Lipinski definition) is 1. The molecule has 1 aliphatic heterocycles. The monoisotopic (exact) mass is 252 g/mol. The molecule has 0 aliphatic carbocycles. The third-order valence-electron chi connectivity index (χ3n) is 2.25. The van der Waals surface area contributed by atoms with Gasteiger partial charge in [-0.25, -0.2) is 13.8 Å². The number of nitrogens with zero attached hydrogens (tertiary/aromatic N) is 3. The van der Waals surface area contributed by atoms with Gasteiger partial charge in [-0.2, -0.15) is 4.40 Å². The van der Waals surface area contributed by atoms with Crippen LogP contribution in [-0.4, -0.2) is 15.5 Å². The fraction of sp³-hybridized carbons (Fsp3) is 0. The molecule has 0 fully saturated rings. The zero-order valence-electron chi connectivity index (χ0n) is 8.39. The maximum absolute atomic E-state index is 13.1. The highest BCUT2D eigenvalue weighted by atomic mass is 32.2. The average molecular weight is 252 g/mol. The summed E-state index contributed by atoms with van der Waals surface area (Å²) < 4.78 is 31.9. The van der Waals surface area contributed by atoms with Gasteiger partial charge < -0.3 is 5.32 Å². The molecule has 86 valence electrons. The third kappa shape index (κ3) is 1.78. The Morgan fingerprint density at radius 2 is 2.06 bits per heavy atom. The van der Waals surface area contributed by atoms with Crippen LogP contribution >= 0.6 is 11.9 Å². The second kappa shape index (κ2) is 3.85. The molecule has 0 saturated carbocycles. The Bertz CT molecular complexity index is 595. The maximum Gasteiger partial charge on any atom is 0.220 e. The van der Waals surface area contributed by atoms with E-state index in [0.29, 0.717) is 16.5 Å². The van der Waals surface area contributed by atoms with Crippen molar-refractivity contribution in [3.8, 4) is 0 Å². The zero-order chi connectivity index (χ0) is 11.8. The SMILES string of the molecule is Fc1cc2c(cc1F)SN=C(n1ccnc1)N2. The predicted molar refractivity (Wildman–Crippen MR) is 60.9 cm³/mol. The number of anilines is 1. The summed E-state index contributed by atoms with van der Waals surface area (Å²) in [7, 11) is 0. The van der Waals surface area contributed by atoms with Crippen LogP contribution in [0.25, 0.3) is 0 Å². The van der Waals surface area contributed by atoms with Gasteiger partial charge in [0.15, 0.2) is 11.6 Å². The number of benzene rings is 1. The van der Waals surface area contributed by atoms with Crippen molar-refractivity contribution in [1.29, 1.82) is 0 Å². The van der Waals surface area contributed by atoms with Gasteiger partial charge in [-0.1, -0.05) is 0 Å². The fourth-order valence-electron chi connectivity index (χ4n) is 1.43. The smallest absolute Gasteiger partial charge is 0.220 e. The number of nitrogens with one attached hydrogen (secondary N) is 1. The van der Waals surface area contributed by atoms with Crippen molar-refractivity contribution in [2.45, 2.75) is 4.90 Å². The third-order valence-corrected chi connectivity index (χ3v) is 3.05. The van der Waals surface area contributed by atoms with E-state index in [1.165, 1.54) is 0 Å². The lowest BCUT2D eigenvalue weighted by Gasteiger charge is -2.17. The molecule has 0 radical (unpaired) electrons. The van der Waals surface area contributed by atoms with E-state index in [0.717, 1.165) is 24.1 Å². The van der Waals surface area contributed by atoms with Crippen LogP contribution in [0, 0.1) is 11.6 Å². The fourth-order valence-corrected chi connectivity index (χ4v) is 2.12. The quantitative estimate of drug-likeness (QED) is 0.732. The normalized spacial score (nSPS) is 13.9. The number of rotatable bonds is 0. The number of imidazole rings is 1. The Hall–Kier alpha value is -1.89. The number of fused-ring (bicyclic) bond motifs is 1. The van der Waals surface area contributed by atoms with Crippen molar-refractivity contribution in [2.24, 2.45) is 4.40 Å². The minimum atomic E-state index is -0.885. The van der Waals surface area contributed by atoms with Crippen LogP contribution in [0.1, 0.15) is 0 Å². The van der Waals surface area contributed by atoms with Crippen molar-refractivity contribution in [3.05, 3.63) is 42.5 Å². The minimum Gasteiger partial charge on any atom is -0.324 e. The van der Waals surface area contributed by atoms with Crippen LogP contribution in [0.4, 0.5) is 14.5 Å². The Kier molecular flexibility index (Phi) is 2.32. The molecule has 17 heavy (non-hydrogen) atoms. The first-order valence-corrected chi connectivity index (χ1v) is 5.51. The topological polar surface area (TPSA) is 42.2 Å². The molecule has 1 aromatic carbocycles. The van der Waals surface area contributed by atoms with Gasteiger partial charge in [0.25, 0.3) is 0 Å². The predicted octanol–water partition coefficient (Wildman–Crippen LogP) is 2.50. The van der Waals surface area contributed by atoms with Crippen LogP contribution in [0.5, 0.6) is 0 Å². The van der Waals surface area contributed by atoms with Gasteiger partial charge in [0.1, 0.15) is 6.33 Å². The lowest BCUT2D eigenvalue weighted by atomic mass is 10.3. The van der Waals surface area contributed by atoms with Crippen LogP contribution < -0.4 is 5.32 Å². The Labute approximate surface area is 99.5 Å². The van der Waals surface area contributed by atoms with E-state index in [4.69, 9.17) is 0 Å². The molecule has 1 aromatic heterocycles. The van der Waals surface area contributed by atoms with E-state index in [9.17, 15) is 8.78 Å². The summed E-state index contributed by atoms with van der Waals surface area (Å²) in [5, 5.41) is 2.91. The van der Waals surface area contributed by atoms with E-state index in [1.807, 2.05) is 0 Å². The summed E-state index contributed by atoms with van der Waals surface area (Å²) in [5.41, 5.74) is 0.493. The molecular weight excluding hydrogens is 246 g/mol. The summed E-state index contributed by atoms with van der Waals surface area (Å²) >= 11 is 1.09. The van der Waals surface area contributed by atoms with Gasteiger partial charge in [0.05, 0.1) is 10.6 Å². The molecular formula is C10H6F2N4S. The highest BCUT2D eigenvalue weighted by molar-refractivity contribution is 7.98. The minimum absolute atomic E-state index is 0.493. The molecule has 0 spiro atoms. The van der Waals surface area contributed by atoms with Gasteiger partial charge in [-0.15, -0.1) is 0 Å². The summed E-state index contributed by atoms with van der Waals surface area (Å²) in [6.45, 7) is 0. The summed E-state index contributed by atoms with van der Waals surface area (Å²) in [4.78, 5) is 4.43. The largest absolute Gasteiger partial charge is 0.324 e. The van der Waals surface area contributed by atoms with Crippen molar-refractivity contribution < 1.29 is 8.78 Å².